The fraction of sp³-hybridized carbons (Fsp3) is 0.286. The van der Waals surface area contributed by atoms with Crippen LogP contribution in [0.25, 0.3) is 11.3 Å². The second-order valence-corrected chi connectivity index (χ2v) is 4.21. The van der Waals surface area contributed by atoms with Crippen LogP contribution in [0.5, 0.6) is 0 Å². The molecule has 3 nitrogen and oxygen atoms in total. The summed E-state index contributed by atoms with van der Waals surface area (Å²) in [7, 11) is 1.73. The largest absolute Gasteiger partial charge is 0.373 e. The molecule has 19 heavy (non-hydrogen) atoms. The molecule has 0 fully saturated rings. The van der Waals surface area contributed by atoms with Crippen LogP contribution in [0.2, 0.25) is 0 Å². The van der Waals surface area contributed by atoms with E-state index in [4.69, 9.17) is 0 Å². The topological polar surface area (TPSA) is 37.8 Å². The monoisotopic (exact) mass is 263 g/mol. The van der Waals surface area contributed by atoms with Crippen molar-refractivity contribution in [2.24, 2.45) is 0 Å². The minimum Gasteiger partial charge on any atom is -0.373 e. The zero-order valence-electron chi connectivity index (χ0n) is 11.1. The number of benzene rings is 1. The van der Waals surface area contributed by atoms with Crippen molar-refractivity contribution in [3.05, 3.63) is 41.2 Å². The molecule has 0 spiro atoms. The van der Waals surface area contributed by atoms with Gasteiger partial charge in [0.1, 0.15) is 12.1 Å². The first-order chi connectivity index (χ1) is 9.10. The quantitative estimate of drug-likeness (QED) is 0.923. The Morgan fingerprint density at radius 2 is 1.89 bits per heavy atom. The molecule has 0 radical (unpaired) electrons. The van der Waals surface area contributed by atoms with E-state index in [9.17, 15) is 8.78 Å². The molecule has 0 unspecified atom stereocenters. The lowest BCUT2D eigenvalue weighted by Crippen LogP contribution is -2.04. The van der Waals surface area contributed by atoms with Crippen LogP contribution in [0.1, 0.15) is 18.1 Å². The van der Waals surface area contributed by atoms with Crippen molar-refractivity contribution < 1.29 is 8.78 Å². The smallest absolute Gasteiger partial charge is 0.168 e. The van der Waals surface area contributed by atoms with Gasteiger partial charge in [0, 0.05) is 18.2 Å². The van der Waals surface area contributed by atoms with Crippen LogP contribution in [0, 0.1) is 18.6 Å². The maximum absolute atomic E-state index is 14.0. The average molecular weight is 263 g/mol. The number of aryl methyl sites for hydroxylation is 1. The van der Waals surface area contributed by atoms with Gasteiger partial charge < -0.3 is 5.32 Å². The standard InChI is InChI=1S/C14H15F2N3/c1-4-9-13(18-7-19-14(9)17-3)10-6-5-8(2)11(15)12(10)16/h5-7H,4H2,1-3H3,(H,17,18,19). The van der Waals surface area contributed by atoms with Gasteiger partial charge in [0.05, 0.1) is 5.69 Å². The Bertz CT molecular complexity index is 612. The Labute approximate surface area is 110 Å². The Kier molecular flexibility index (Phi) is 3.74. The second kappa shape index (κ2) is 5.30. The molecule has 100 valence electrons. The van der Waals surface area contributed by atoms with E-state index in [1.54, 1.807) is 19.2 Å². The second-order valence-electron chi connectivity index (χ2n) is 4.21. The van der Waals surface area contributed by atoms with E-state index in [1.165, 1.54) is 13.3 Å². The summed E-state index contributed by atoms with van der Waals surface area (Å²) in [5.74, 6) is -1.06. The molecule has 1 aromatic heterocycles. The predicted molar refractivity (Wildman–Crippen MR) is 71.0 cm³/mol. The highest BCUT2D eigenvalue weighted by Gasteiger charge is 2.17. The van der Waals surface area contributed by atoms with Gasteiger partial charge >= 0.3 is 0 Å². The van der Waals surface area contributed by atoms with Gasteiger partial charge in [-0.25, -0.2) is 18.7 Å². The number of nitrogens with zero attached hydrogens (tertiary/aromatic N) is 2. The minimum absolute atomic E-state index is 0.166. The predicted octanol–water partition coefficient (Wildman–Crippen LogP) is 3.33. The molecule has 0 aliphatic carbocycles. The Morgan fingerprint density at radius 1 is 1.16 bits per heavy atom. The van der Waals surface area contributed by atoms with Gasteiger partial charge in [-0.15, -0.1) is 0 Å². The van der Waals surface area contributed by atoms with Crippen LogP contribution in [0.15, 0.2) is 18.5 Å². The molecule has 0 aliphatic heterocycles. The maximum Gasteiger partial charge on any atom is 0.168 e. The van der Waals surface area contributed by atoms with Gasteiger partial charge in [0.15, 0.2) is 11.6 Å². The molecule has 5 heteroatoms. The third-order valence-corrected chi connectivity index (χ3v) is 3.07. The summed E-state index contributed by atoms with van der Waals surface area (Å²) in [6, 6.07) is 3.10. The van der Waals surface area contributed by atoms with Crippen LogP contribution >= 0.6 is 0 Å². The fourth-order valence-electron chi connectivity index (χ4n) is 2.02. The molecule has 0 aliphatic rings. The fourth-order valence-corrected chi connectivity index (χ4v) is 2.02. The number of rotatable bonds is 3. The Balaban J connectivity index is 2.69. The highest BCUT2D eigenvalue weighted by Crippen LogP contribution is 2.30. The first-order valence-electron chi connectivity index (χ1n) is 6.06. The lowest BCUT2D eigenvalue weighted by Gasteiger charge is -2.12. The van der Waals surface area contributed by atoms with Gasteiger partial charge in [-0.1, -0.05) is 13.0 Å². The molecule has 0 saturated heterocycles. The third kappa shape index (κ3) is 2.28. The van der Waals surface area contributed by atoms with Gasteiger partial charge in [-0.05, 0) is 25.0 Å². The summed E-state index contributed by atoms with van der Waals surface area (Å²) in [4.78, 5) is 8.19. The van der Waals surface area contributed by atoms with Crippen molar-refractivity contribution >= 4 is 5.82 Å². The zero-order chi connectivity index (χ0) is 14.0. The molecular formula is C14H15F2N3. The van der Waals surface area contributed by atoms with E-state index < -0.39 is 11.6 Å². The van der Waals surface area contributed by atoms with Crippen molar-refractivity contribution in [2.45, 2.75) is 20.3 Å². The molecule has 0 saturated carbocycles. The number of halogens is 2. The van der Waals surface area contributed by atoms with E-state index in [0.717, 1.165) is 5.56 Å². The molecule has 0 atom stereocenters. The number of anilines is 1. The lowest BCUT2D eigenvalue weighted by atomic mass is 10.0. The minimum atomic E-state index is -0.865. The number of hydrogen-bond acceptors (Lipinski definition) is 3. The van der Waals surface area contributed by atoms with Crippen molar-refractivity contribution in [1.29, 1.82) is 0 Å². The highest BCUT2D eigenvalue weighted by molar-refractivity contribution is 5.69. The van der Waals surface area contributed by atoms with Crippen LogP contribution in [0.4, 0.5) is 14.6 Å². The molecule has 2 rings (SSSR count). The van der Waals surface area contributed by atoms with E-state index in [1.807, 2.05) is 6.92 Å². The lowest BCUT2D eigenvalue weighted by molar-refractivity contribution is 0.505. The molecule has 0 amide bonds. The Hall–Kier alpha value is -2.04. The van der Waals surface area contributed by atoms with Crippen LogP contribution in [-0.2, 0) is 6.42 Å². The summed E-state index contributed by atoms with van der Waals surface area (Å²) < 4.78 is 27.7. The van der Waals surface area contributed by atoms with Gasteiger partial charge in [0.25, 0.3) is 0 Å². The zero-order valence-corrected chi connectivity index (χ0v) is 11.1. The van der Waals surface area contributed by atoms with E-state index in [-0.39, 0.29) is 11.1 Å². The van der Waals surface area contributed by atoms with Crippen molar-refractivity contribution in [2.75, 3.05) is 12.4 Å². The molecule has 1 N–H and O–H groups in total. The summed E-state index contributed by atoms with van der Waals surface area (Å²) in [5.41, 5.74) is 1.64. The van der Waals surface area contributed by atoms with Crippen molar-refractivity contribution in [1.82, 2.24) is 9.97 Å². The number of aromatic nitrogens is 2. The first kappa shape index (κ1) is 13.4. The van der Waals surface area contributed by atoms with E-state index >= 15 is 0 Å². The van der Waals surface area contributed by atoms with Crippen LogP contribution in [0.3, 0.4) is 0 Å². The van der Waals surface area contributed by atoms with E-state index in [2.05, 4.69) is 15.3 Å². The summed E-state index contributed by atoms with van der Waals surface area (Å²) >= 11 is 0. The Morgan fingerprint density at radius 3 is 2.53 bits per heavy atom. The molecule has 1 heterocycles. The van der Waals surface area contributed by atoms with E-state index in [0.29, 0.717) is 17.9 Å². The summed E-state index contributed by atoms with van der Waals surface area (Å²) in [6.07, 6.45) is 1.97. The number of hydrogen-bond donors (Lipinski definition) is 1. The maximum atomic E-state index is 14.0. The molecule has 1 aromatic carbocycles. The summed E-state index contributed by atoms with van der Waals surface area (Å²) in [6.45, 7) is 3.45. The van der Waals surface area contributed by atoms with Gasteiger partial charge in [0.2, 0.25) is 0 Å². The molecule has 0 bridgehead atoms. The third-order valence-electron chi connectivity index (χ3n) is 3.07. The highest BCUT2D eigenvalue weighted by atomic mass is 19.2. The van der Waals surface area contributed by atoms with Crippen LogP contribution in [-0.4, -0.2) is 17.0 Å². The summed E-state index contributed by atoms with van der Waals surface area (Å²) in [5, 5.41) is 2.93. The normalized spacial score (nSPS) is 10.6. The SMILES string of the molecule is CCc1c(NC)ncnc1-c1ccc(C)c(F)c1F. The molecule has 2 aromatic rings. The molecular weight excluding hydrogens is 248 g/mol. The van der Waals surface area contributed by atoms with Gasteiger partial charge in [-0.2, -0.15) is 0 Å². The average Bonchev–Trinajstić information content (AvgIpc) is 2.44. The van der Waals surface area contributed by atoms with Crippen molar-refractivity contribution in [3.63, 3.8) is 0 Å². The first-order valence-corrected chi connectivity index (χ1v) is 6.06. The number of nitrogens with one attached hydrogen (secondary N) is 1. The van der Waals surface area contributed by atoms with Crippen LogP contribution < -0.4 is 5.32 Å². The van der Waals surface area contributed by atoms with Crippen molar-refractivity contribution in [3.8, 4) is 11.3 Å². The van der Waals surface area contributed by atoms with Gasteiger partial charge in [-0.3, -0.25) is 0 Å².